The molecule has 118 valence electrons. The molecule has 0 bridgehead atoms. The van der Waals surface area contributed by atoms with Gasteiger partial charge in [0.1, 0.15) is 0 Å². The average Bonchev–Trinajstić information content (AvgIpc) is 2.52. The zero-order valence-electron chi connectivity index (χ0n) is 12.7. The minimum atomic E-state index is -0.447. The van der Waals surface area contributed by atoms with Gasteiger partial charge in [0, 0.05) is 17.1 Å². The molecule has 0 heterocycles. The molecule has 1 aromatic rings. The van der Waals surface area contributed by atoms with Crippen LogP contribution >= 0.6 is 15.9 Å². The molecule has 0 aliphatic heterocycles. The first-order valence-corrected chi connectivity index (χ1v) is 8.73. The SMILES string of the molecule is C[C@H](NCC(O)COC1CCCCC1)c1ccccc1Br. The Balaban J connectivity index is 1.68. The molecule has 1 aromatic carbocycles. The Kier molecular flexibility index (Phi) is 7.17. The number of rotatable bonds is 7. The largest absolute Gasteiger partial charge is 0.389 e. The predicted molar refractivity (Wildman–Crippen MR) is 89.4 cm³/mol. The van der Waals surface area contributed by atoms with E-state index in [1.165, 1.54) is 24.8 Å². The maximum absolute atomic E-state index is 10.0. The summed E-state index contributed by atoms with van der Waals surface area (Å²) in [4.78, 5) is 0. The molecular formula is C17H26BrNO2. The number of halogens is 1. The van der Waals surface area contributed by atoms with Crippen molar-refractivity contribution >= 4 is 15.9 Å². The summed E-state index contributed by atoms with van der Waals surface area (Å²) in [7, 11) is 0. The highest BCUT2D eigenvalue weighted by atomic mass is 79.9. The lowest BCUT2D eigenvalue weighted by atomic mass is 9.98. The van der Waals surface area contributed by atoms with Crippen LogP contribution in [0.1, 0.15) is 50.6 Å². The van der Waals surface area contributed by atoms with Crippen LogP contribution in [0.15, 0.2) is 28.7 Å². The fraction of sp³-hybridized carbons (Fsp3) is 0.647. The molecule has 0 aromatic heterocycles. The average molecular weight is 356 g/mol. The Bertz CT molecular complexity index is 421. The minimum Gasteiger partial charge on any atom is -0.389 e. The summed E-state index contributed by atoms with van der Waals surface area (Å²) in [6.07, 6.45) is 6.05. The van der Waals surface area contributed by atoms with E-state index in [2.05, 4.69) is 34.2 Å². The number of benzene rings is 1. The molecule has 2 rings (SSSR count). The Morgan fingerprint density at radius 3 is 2.71 bits per heavy atom. The number of hydrogen-bond donors (Lipinski definition) is 2. The zero-order valence-corrected chi connectivity index (χ0v) is 14.3. The molecule has 2 atom stereocenters. The highest BCUT2D eigenvalue weighted by Crippen LogP contribution is 2.23. The number of aliphatic hydroxyl groups excluding tert-OH is 1. The van der Waals surface area contributed by atoms with E-state index < -0.39 is 6.10 Å². The number of nitrogens with one attached hydrogen (secondary N) is 1. The Morgan fingerprint density at radius 2 is 2.00 bits per heavy atom. The van der Waals surface area contributed by atoms with Crippen molar-refractivity contribution in [1.29, 1.82) is 0 Å². The molecular weight excluding hydrogens is 330 g/mol. The third kappa shape index (κ3) is 5.70. The van der Waals surface area contributed by atoms with Gasteiger partial charge in [-0.05, 0) is 31.4 Å². The topological polar surface area (TPSA) is 41.5 Å². The van der Waals surface area contributed by atoms with Crippen molar-refractivity contribution in [3.8, 4) is 0 Å². The molecule has 0 saturated heterocycles. The summed E-state index contributed by atoms with van der Waals surface area (Å²) < 4.78 is 6.90. The molecule has 1 aliphatic carbocycles. The van der Waals surface area contributed by atoms with Crippen molar-refractivity contribution in [3.63, 3.8) is 0 Å². The highest BCUT2D eigenvalue weighted by molar-refractivity contribution is 9.10. The molecule has 1 unspecified atom stereocenters. The summed E-state index contributed by atoms with van der Waals surface area (Å²) in [6.45, 7) is 3.09. The van der Waals surface area contributed by atoms with E-state index in [-0.39, 0.29) is 6.04 Å². The van der Waals surface area contributed by atoms with E-state index in [4.69, 9.17) is 4.74 Å². The molecule has 1 fully saturated rings. The highest BCUT2D eigenvalue weighted by Gasteiger charge is 2.16. The second kappa shape index (κ2) is 8.89. The van der Waals surface area contributed by atoms with E-state index in [0.29, 0.717) is 19.3 Å². The van der Waals surface area contributed by atoms with Gasteiger partial charge < -0.3 is 15.2 Å². The second-order valence-electron chi connectivity index (χ2n) is 5.90. The van der Waals surface area contributed by atoms with Crippen molar-refractivity contribution in [2.75, 3.05) is 13.2 Å². The smallest absolute Gasteiger partial charge is 0.0898 e. The van der Waals surface area contributed by atoms with Crippen LogP contribution in [0, 0.1) is 0 Å². The van der Waals surface area contributed by atoms with Gasteiger partial charge in [-0.3, -0.25) is 0 Å². The number of aliphatic hydroxyl groups is 1. The zero-order chi connectivity index (χ0) is 15.1. The molecule has 3 nitrogen and oxygen atoms in total. The first kappa shape index (κ1) is 16.9. The van der Waals surface area contributed by atoms with Crippen LogP contribution in [0.5, 0.6) is 0 Å². The van der Waals surface area contributed by atoms with Gasteiger partial charge in [-0.1, -0.05) is 53.4 Å². The van der Waals surface area contributed by atoms with Gasteiger partial charge in [-0.2, -0.15) is 0 Å². The Morgan fingerprint density at radius 1 is 1.29 bits per heavy atom. The monoisotopic (exact) mass is 355 g/mol. The van der Waals surface area contributed by atoms with Gasteiger partial charge in [0.25, 0.3) is 0 Å². The summed E-state index contributed by atoms with van der Waals surface area (Å²) in [6, 6.07) is 8.36. The van der Waals surface area contributed by atoms with Crippen molar-refractivity contribution in [3.05, 3.63) is 34.3 Å². The summed E-state index contributed by atoms with van der Waals surface area (Å²) in [5.74, 6) is 0. The van der Waals surface area contributed by atoms with Crippen LogP contribution < -0.4 is 5.32 Å². The van der Waals surface area contributed by atoms with Crippen molar-refractivity contribution < 1.29 is 9.84 Å². The second-order valence-corrected chi connectivity index (χ2v) is 6.75. The van der Waals surface area contributed by atoms with E-state index in [1.54, 1.807) is 0 Å². The lowest BCUT2D eigenvalue weighted by molar-refractivity contribution is -0.0235. The standard InChI is InChI=1S/C17H26BrNO2/c1-13(16-9-5-6-10-17(16)18)19-11-14(20)12-21-15-7-3-2-4-8-15/h5-6,9-10,13-15,19-20H,2-4,7-8,11-12H2,1H3/t13-,14?/m0/s1. The summed E-state index contributed by atoms with van der Waals surface area (Å²) >= 11 is 3.56. The molecule has 1 saturated carbocycles. The Labute approximate surface area is 136 Å². The lowest BCUT2D eigenvalue weighted by Crippen LogP contribution is -2.33. The maximum Gasteiger partial charge on any atom is 0.0898 e. The number of hydrogen-bond acceptors (Lipinski definition) is 3. The summed E-state index contributed by atoms with van der Waals surface area (Å²) in [5.41, 5.74) is 1.21. The van der Waals surface area contributed by atoms with Crippen molar-refractivity contribution in [1.82, 2.24) is 5.32 Å². The molecule has 0 spiro atoms. The van der Waals surface area contributed by atoms with Crippen LogP contribution in [-0.2, 0) is 4.74 Å². The van der Waals surface area contributed by atoms with Crippen LogP contribution in [0.3, 0.4) is 0 Å². The summed E-state index contributed by atoms with van der Waals surface area (Å²) in [5, 5.41) is 13.4. The van der Waals surface area contributed by atoms with Crippen LogP contribution in [-0.4, -0.2) is 30.5 Å². The molecule has 21 heavy (non-hydrogen) atoms. The van der Waals surface area contributed by atoms with Crippen LogP contribution in [0.2, 0.25) is 0 Å². The first-order chi connectivity index (χ1) is 10.2. The minimum absolute atomic E-state index is 0.199. The molecule has 0 amide bonds. The van der Waals surface area contributed by atoms with Gasteiger partial charge in [-0.25, -0.2) is 0 Å². The third-order valence-corrected chi connectivity index (χ3v) is 4.83. The van der Waals surface area contributed by atoms with Crippen molar-refractivity contribution in [2.24, 2.45) is 0 Å². The maximum atomic E-state index is 10.0. The quantitative estimate of drug-likeness (QED) is 0.781. The van der Waals surface area contributed by atoms with Crippen molar-refractivity contribution in [2.45, 2.75) is 57.3 Å². The van der Waals surface area contributed by atoms with Crippen LogP contribution in [0.25, 0.3) is 0 Å². The molecule has 1 aliphatic rings. The fourth-order valence-corrected chi connectivity index (χ4v) is 3.42. The number of ether oxygens (including phenoxy) is 1. The van der Waals surface area contributed by atoms with E-state index in [1.807, 2.05) is 18.2 Å². The van der Waals surface area contributed by atoms with Gasteiger partial charge in [-0.15, -0.1) is 0 Å². The molecule has 0 radical (unpaired) electrons. The molecule has 4 heteroatoms. The molecule has 2 N–H and O–H groups in total. The fourth-order valence-electron chi connectivity index (χ4n) is 2.79. The van der Waals surface area contributed by atoms with Crippen LogP contribution in [0.4, 0.5) is 0 Å². The first-order valence-electron chi connectivity index (χ1n) is 7.94. The lowest BCUT2D eigenvalue weighted by Gasteiger charge is -2.24. The van der Waals surface area contributed by atoms with Gasteiger partial charge in [0.15, 0.2) is 0 Å². The third-order valence-electron chi connectivity index (χ3n) is 4.11. The van der Waals surface area contributed by atoms with E-state index in [9.17, 15) is 5.11 Å². The van der Waals surface area contributed by atoms with E-state index >= 15 is 0 Å². The Hall–Kier alpha value is -0.420. The van der Waals surface area contributed by atoms with E-state index in [0.717, 1.165) is 17.3 Å². The van der Waals surface area contributed by atoms with Gasteiger partial charge >= 0.3 is 0 Å². The predicted octanol–water partition coefficient (Wildman–Crippen LogP) is 3.81. The van der Waals surface area contributed by atoms with Gasteiger partial charge in [0.2, 0.25) is 0 Å². The van der Waals surface area contributed by atoms with Gasteiger partial charge in [0.05, 0.1) is 18.8 Å². The normalized spacial score (nSPS) is 19.4.